The van der Waals surface area contributed by atoms with Gasteiger partial charge >= 0.3 is 0 Å². The van der Waals surface area contributed by atoms with Gasteiger partial charge in [0.25, 0.3) is 0 Å². The van der Waals surface area contributed by atoms with Crippen molar-refractivity contribution >= 4 is 10.9 Å². The van der Waals surface area contributed by atoms with E-state index in [4.69, 9.17) is 9.47 Å². The van der Waals surface area contributed by atoms with Gasteiger partial charge in [-0.2, -0.15) is 0 Å². The number of benzene rings is 1. The molecule has 1 unspecified atom stereocenters. The van der Waals surface area contributed by atoms with E-state index in [-0.39, 0.29) is 6.04 Å². The zero-order valence-electron chi connectivity index (χ0n) is 11.1. The Balaban J connectivity index is 1.97. The molecule has 0 saturated carbocycles. The lowest BCUT2D eigenvalue weighted by Crippen LogP contribution is -2.23. The molecule has 2 heterocycles. The fourth-order valence-corrected chi connectivity index (χ4v) is 2.43. The quantitative estimate of drug-likeness (QED) is 0.897. The van der Waals surface area contributed by atoms with E-state index < -0.39 is 0 Å². The molecule has 2 aromatic rings. The predicted octanol–water partition coefficient (Wildman–Crippen LogP) is 2.29. The van der Waals surface area contributed by atoms with Crippen molar-refractivity contribution in [3.8, 4) is 5.75 Å². The molecule has 4 heteroatoms. The highest BCUT2D eigenvalue weighted by molar-refractivity contribution is 5.84. The molecule has 1 aromatic heterocycles. The van der Waals surface area contributed by atoms with Crippen LogP contribution in [-0.4, -0.2) is 31.9 Å². The lowest BCUT2D eigenvalue weighted by atomic mass is 10.1. The van der Waals surface area contributed by atoms with Gasteiger partial charge in [0.1, 0.15) is 11.3 Å². The maximum absolute atomic E-state index is 5.60. The number of rotatable bonds is 2. The average Bonchev–Trinajstić information content (AvgIpc) is 2.75. The van der Waals surface area contributed by atoms with Crippen LogP contribution in [0.25, 0.3) is 10.9 Å². The van der Waals surface area contributed by atoms with Crippen molar-refractivity contribution in [2.45, 2.75) is 12.5 Å². The van der Waals surface area contributed by atoms with E-state index in [9.17, 15) is 0 Å². The van der Waals surface area contributed by atoms with Crippen LogP contribution in [0.2, 0.25) is 0 Å². The van der Waals surface area contributed by atoms with Crippen molar-refractivity contribution in [3.05, 3.63) is 36.0 Å². The van der Waals surface area contributed by atoms with E-state index >= 15 is 0 Å². The van der Waals surface area contributed by atoms with E-state index in [0.29, 0.717) is 6.61 Å². The van der Waals surface area contributed by atoms with Gasteiger partial charge in [0.05, 0.1) is 19.8 Å². The van der Waals surface area contributed by atoms with Gasteiger partial charge in [-0.15, -0.1) is 0 Å². The molecule has 1 saturated heterocycles. The molecule has 3 rings (SSSR count). The van der Waals surface area contributed by atoms with Crippen LogP contribution >= 0.6 is 0 Å². The number of methoxy groups -OCH3 is 1. The van der Waals surface area contributed by atoms with Crippen LogP contribution in [0.15, 0.2) is 30.5 Å². The van der Waals surface area contributed by atoms with E-state index in [0.717, 1.165) is 36.2 Å². The number of pyridine rings is 1. The van der Waals surface area contributed by atoms with Gasteiger partial charge in [-0.3, -0.25) is 4.98 Å². The highest BCUT2D eigenvalue weighted by atomic mass is 16.5. The van der Waals surface area contributed by atoms with Crippen molar-refractivity contribution in [1.82, 2.24) is 10.3 Å². The molecule has 1 fully saturated rings. The van der Waals surface area contributed by atoms with Crippen molar-refractivity contribution in [1.29, 1.82) is 0 Å². The summed E-state index contributed by atoms with van der Waals surface area (Å²) >= 11 is 0. The fraction of sp³-hybridized carbons (Fsp3) is 0.400. The van der Waals surface area contributed by atoms with Crippen LogP contribution in [0, 0.1) is 0 Å². The van der Waals surface area contributed by atoms with Crippen LogP contribution < -0.4 is 10.1 Å². The standard InChI is InChI=1S/C15H18N2O2/c1-18-14-5-2-4-11-8-12(9-17-15(11)14)13-10-19-7-3-6-16-13/h2,4-5,8-9,13,16H,3,6-7,10H2,1H3. The first-order chi connectivity index (χ1) is 9.38. The number of hydrogen-bond donors (Lipinski definition) is 1. The van der Waals surface area contributed by atoms with E-state index in [2.05, 4.69) is 22.4 Å². The maximum atomic E-state index is 5.60. The van der Waals surface area contributed by atoms with Crippen molar-refractivity contribution < 1.29 is 9.47 Å². The molecule has 1 atom stereocenters. The molecule has 0 radical (unpaired) electrons. The SMILES string of the molecule is COc1cccc2cc(C3COCCCN3)cnc12. The van der Waals surface area contributed by atoms with Gasteiger partial charge in [0, 0.05) is 18.2 Å². The Morgan fingerprint density at radius 2 is 2.37 bits per heavy atom. The van der Waals surface area contributed by atoms with Crippen molar-refractivity contribution in [2.75, 3.05) is 26.9 Å². The molecule has 0 spiro atoms. The largest absolute Gasteiger partial charge is 0.494 e. The summed E-state index contributed by atoms with van der Waals surface area (Å²) in [5.74, 6) is 0.814. The Labute approximate surface area is 112 Å². The minimum absolute atomic E-state index is 0.227. The third kappa shape index (κ3) is 2.55. The summed E-state index contributed by atoms with van der Waals surface area (Å²) in [6.07, 6.45) is 2.97. The Hall–Kier alpha value is -1.65. The smallest absolute Gasteiger partial charge is 0.145 e. The fourth-order valence-electron chi connectivity index (χ4n) is 2.43. The number of nitrogens with one attached hydrogen (secondary N) is 1. The third-order valence-electron chi connectivity index (χ3n) is 3.46. The molecule has 4 nitrogen and oxygen atoms in total. The molecular formula is C15H18N2O2. The van der Waals surface area contributed by atoms with Crippen LogP contribution in [0.4, 0.5) is 0 Å². The van der Waals surface area contributed by atoms with Crippen LogP contribution in [-0.2, 0) is 4.74 Å². The Morgan fingerprint density at radius 1 is 1.42 bits per heavy atom. The zero-order valence-corrected chi connectivity index (χ0v) is 11.1. The summed E-state index contributed by atoms with van der Waals surface area (Å²) in [5, 5.41) is 4.59. The third-order valence-corrected chi connectivity index (χ3v) is 3.46. The highest BCUT2D eigenvalue weighted by Gasteiger charge is 2.15. The summed E-state index contributed by atoms with van der Waals surface area (Å²) in [4.78, 5) is 4.54. The molecule has 1 N–H and O–H groups in total. The van der Waals surface area contributed by atoms with Crippen LogP contribution in [0.1, 0.15) is 18.0 Å². The normalized spacial score (nSPS) is 20.2. The number of nitrogens with zero attached hydrogens (tertiary/aromatic N) is 1. The van der Waals surface area contributed by atoms with E-state index in [1.54, 1.807) is 7.11 Å². The number of fused-ring (bicyclic) bond motifs is 1. The second-order valence-corrected chi connectivity index (χ2v) is 4.74. The summed E-state index contributed by atoms with van der Waals surface area (Å²) in [6, 6.07) is 8.38. The Morgan fingerprint density at radius 3 is 3.26 bits per heavy atom. The molecule has 0 amide bonds. The van der Waals surface area contributed by atoms with Gasteiger partial charge in [-0.25, -0.2) is 0 Å². The molecular weight excluding hydrogens is 240 g/mol. The second kappa shape index (κ2) is 5.55. The average molecular weight is 258 g/mol. The van der Waals surface area contributed by atoms with Crippen molar-refractivity contribution in [3.63, 3.8) is 0 Å². The topological polar surface area (TPSA) is 43.4 Å². The minimum atomic E-state index is 0.227. The lowest BCUT2D eigenvalue weighted by Gasteiger charge is -2.16. The summed E-state index contributed by atoms with van der Waals surface area (Å²) in [6.45, 7) is 2.52. The van der Waals surface area contributed by atoms with Crippen molar-refractivity contribution in [2.24, 2.45) is 0 Å². The lowest BCUT2D eigenvalue weighted by molar-refractivity contribution is 0.131. The van der Waals surface area contributed by atoms with Gasteiger partial charge in [-0.1, -0.05) is 12.1 Å². The molecule has 1 aliphatic heterocycles. The summed E-state index contributed by atoms with van der Waals surface area (Å²) < 4.78 is 10.9. The molecule has 100 valence electrons. The molecule has 1 aliphatic rings. The second-order valence-electron chi connectivity index (χ2n) is 4.74. The molecule has 0 aliphatic carbocycles. The van der Waals surface area contributed by atoms with Gasteiger partial charge in [0.15, 0.2) is 0 Å². The van der Waals surface area contributed by atoms with Gasteiger partial charge in [0.2, 0.25) is 0 Å². The molecule has 0 bridgehead atoms. The molecule has 1 aromatic carbocycles. The van der Waals surface area contributed by atoms with Gasteiger partial charge < -0.3 is 14.8 Å². The number of ether oxygens (including phenoxy) is 2. The van der Waals surface area contributed by atoms with E-state index in [1.807, 2.05) is 18.3 Å². The number of para-hydroxylation sites is 1. The van der Waals surface area contributed by atoms with Crippen LogP contribution in [0.3, 0.4) is 0 Å². The highest BCUT2D eigenvalue weighted by Crippen LogP contribution is 2.26. The number of hydrogen-bond acceptors (Lipinski definition) is 4. The van der Waals surface area contributed by atoms with Crippen LogP contribution in [0.5, 0.6) is 5.75 Å². The molecule has 19 heavy (non-hydrogen) atoms. The first-order valence-electron chi connectivity index (χ1n) is 6.62. The minimum Gasteiger partial charge on any atom is -0.494 e. The van der Waals surface area contributed by atoms with Gasteiger partial charge in [-0.05, 0) is 30.7 Å². The predicted molar refractivity (Wildman–Crippen MR) is 74.5 cm³/mol. The zero-order chi connectivity index (χ0) is 13.1. The number of aromatic nitrogens is 1. The summed E-state index contributed by atoms with van der Waals surface area (Å²) in [7, 11) is 1.67. The maximum Gasteiger partial charge on any atom is 0.145 e. The summed E-state index contributed by atoms with van der Waals surface area (Å²) in [5.41, 5.74) is 2.07. The monoisotopic (exact) mass is 258 g/mol. The van der Waals surface area contributed by atoms with E-state index in [1.165, 1.54) is 5.56 Å². The Bertz CT molecular complexity index is 563. The first kappa shape index (κ1) is 12.4. The Kier molecular flexibility index (Phi) is 3.62. The first-order valence-corrected chi connectivity index (χ1v) is 6.62.